The maximum atomic E-state index is 15.0. The van der Waals surface area contributed by atoms with Gasteiger partial charge in [0.05, 0.1) is 4.90 Å². The summed E-state index contributed by atoms with van der Waals surface area (Å²) in [6.07, 6.45) is 0. The molecule has 1 aliphatic carbocycles. The summed E-state index contributed by atoms with van der Waals surface area (Å²) in [5.41, 5.74) is -10.1. The van der Waals surface area contributed by atoms with E-state index in [2.05, 4.69) is 0 Å². The summed E-state index contributed by atoms with van der Waals surface area (Å²) in [6.45, 7) is 0.458. The Labute approximate surface area is 148 Å². The molecule has 0 spiro atoms. The van der Waals surface area contributed by atoms with Crippen LogP contribution in [-0.2, 0) is 15.8 Å². The molecule has 0 heterocycles. The summed E-state index contributed by atoms with van der Waals surface area (Å²) in [5.74, 6) is -36.3. The second-order valence-electron chi connectivity index (χ2n) is 5.98. The fourth-order valence-electron chi connectivity index (χ4n) is 2.69. The van der Waals surface area contributed by atoms with Crippen molar-refractivity contribution in [1.82, 2.24) is 0 Å². The summed E-state index contributed by atoms with van der Waals surface area (Å²) < 4.78 is 182. The first-order valence-electron chi connectivity index (χ1n) is 6.79. The van der Waals surface area contributed by atoms with Crippen LogP contribution >= 0.6 is 0 Å². The van der Waals surface area contributed by atoms with E-state index in [9.17, 15) is 56.7 Å². The van der Waals surface area contributed by atoms with E-state index in [1.165, 1.54) is 0 Å². The van der Waals surface area contributed by atoms with Gasteiger partial charge in [-0.2, -0.15) is 52.3 Å². The molecule has 0 unspecified atom stereocenters. The number of benzene rings is 1. The van der Waals surface area contributed by atoms with Crippen LogP contribution in [0.3, 0.4) is 0 Å². The molecular weight excluding hydrogens is 445 g/mol. The summed E-state index contributed by atoms with van der Waals surface area (Å²) in [5, 5.41) is 0. The van der Waals surface area contributed by atoms with Crippen molar-refractivity contribution >= 4 is 10.1 Å². The minimum atomic E-state index is -7.38. The number of hydrogen-bond donors (Lipinski definition) is 1. The van der Waals surface area contributed by atoms with Crippen molar-refractivity contribution < 1.29 is 61.3 Å². The lowest BCUT2D eigenvalue weighted by molar-refractivity contribution is -0.489. The molecule has 0 bridgehead atoms. The van der Waals surface area contributed by atoms with Crippen molar-refractivity contribution in [3.8, 4) is 0 Å². The average molecular weight is 452 g/mol. The van der Waals surface area contributed by atoms with Gasteiger partial charge in [0, 0.05) is 5.56 Å². The Bertz CT molecular complexity index is 894. The van der Waals surface area contributed by atoms with Gasteiger partial charge in [-0.3, -0.25) is 4.55 Å². The van der Waals surface area contributed by atoms with Crippen LogP contribution in [0.25, 0.3) is 0 Å². The van der Waals surface area contributed by atoms with E-state index in [1.807, 2.05) is 0 Å². The minimum Gasteiger partial charge on any atom is -0.282 e. The number of hydrogen-bond acceptors (Lipinski definition) is 2. The minimum absolute atomic E-state index is 0.245. The third-order valence-corrected chi connectivity index (χ3v) is 5.17. The summed E-state index contributed by atoms with van der Waals surface area (Å²) >= 11 is 0. The van der Waals surface area contributed by atoms with E-state index in [0.717, 1.165) is 0 Å². The van der Waals surface area contributed by atoms with Crippen molar-refractivity contribution in [1.29, 1.82) is 0 Å². The molecule has 1 N–H and O–H groups in total. The highest BCUT2D eigenvalue weighted by atomic mass is 32.2. The fraction of sp³-hybridized carbons (Fsp3) is 0.538. The van der Waals surface area contributed by atoms with E-state index in [4.69, 9.17) is 4.55 Å². The fourth-order valence-corrected chi connectivity index (χ4v) is 3.20. The third kappa shape index (κ3) is 2.22. The third-order valence-electron chi connectivity index (χ3n) is 4.32. The maximum Gasteiger partial charge on any atom is 0.384 e. The van der Waals surface area contributed by atoms with Gasteiger partial charge in [-0.05, 0) is 24.6 Å². The lowest BCUT2D eigenvalue weighted by atomic mass is 9.68. The van der Waals surface area contributed by atoms with Crippen LogP contribution in [0.2, 0.25) is 0 Å². The van der Waals surface area contributed by atoms with Gasteiger partial charge in [-0.25, -0.2) is 4.39 Å². The highest BCUT2D eigenvalue weighted by Crippen LogP contribution is 2.72. The molecule has 28 heavy (non-hydrogen) atoms. The summed E-state index contributed by atoms with van der Waals surface area (Å²) in [4.78, 5) is -1.61. The SMILES string of the molecule is Cc1ccc(S(=O)(=O)O)cc1C1(F)C(F)(F)C(F)(F)C(F)(F)C(F)(F)C1(F)F. The molecule has 1 aliphatic rings. The molecule has 1 aromatic rings. The number of alkyl halides is 11. The van der Waals surface area contributed by atoms with Gasteiger partial charge < -0.3 is 0 Å². The van der Waals surface area contributed by atoms with Crippen molar-refractivity contribution in [2.45, 2.75) is 47.1 Å². The van der Waals surface area contributed by atoms with E-state index >= 15 is 0 Å². The number of aryl methyl sites for hydroxylation is 1. The monoisotopic (exact) mass is 452 g/mol. The Kier molecular flexibility index (Phi) is 4.44. The molecule has 160 valence electrons. The van der Waals surface area contributed by atoms with E-state index in [0.29, 0.717) is 13.0 Å². The average Bonchev–Trinajstić information content (AvgIpc) is 2.51. The molecule has 1 aromatic carbocycles. The molecular formula is C13H7F11O3S. The van der Waals surface area contributed by atoms with Gasteiger partial charge in [-0.15, -0.1) is 0 Å². The maximum absolute atomic E-state index is 15.0. The van der Waals surface area contributed by atoms with Crippen LogP contribution in [0, 0.1) is 6.92 Å². The molecule has 0 aromatic heterocycles. The molecule has 2 rings (SSSR count). The van der Waals surface area contributed by atoms with Crippen molar-refractivity contribution in [3.63, 3.8) is 0 Å². The van der Waals surface area contributed by atoms with Gasteiger partial charge in [0.15, 0.2) is 0 Å². The first-order valence-corrected chi connectivity index (χ1v) is 8.23. The standard InChI is InChI=1S/C13H7F11O3S/c1-5-2-3-6(28(25,26)27)4-7(5)8(14)9(15,16)11(19,20)13(23,24)12(21,22)10(8,17)18/h2-4H,1H3,(H,25,26,27). The molecule has 1 fully saturated rings. The lowest BCUT2D eigenvalue weighted by Crippen LogP contribution is -2.82. The van der Waals surface area contributed by atoms with E-state index in [1.54, 1.807) is 0 Å². The van der Waals surface area contributed by atoms with Crippen molar-refractivity contribution in [2.75, 3.05) is 0 Å². The van der Waals surface area contributed by atoms with Crippen LogP contribution in [0.4, 0.5) is 48.3 Å². The first kappa shape index (κ1) is 22.6. The molecule has 0 amide bonds. The Morgan fingerprint density at radius 2 is 1.07 bits per heavy atom. The second kappa shape index (κ2) is 5.49. The number of rotatable bonds is 2. The zero-order chi connectivity index (χ0) is 22.4. The van der Waals surface area contributed by atoms with Gasteiger partial charge in [0.25, 0.3) is 15.8 Å². The van der Waals surface area contributed by atoms with E-state index in [-0.39, 0.29) is 6.07 Å². The van der Waals surface area contributed by atoms with Crippen LogP contribution in [0.15, 0.2) is 23.1 Å². The predicted molar refractivity (Wildman–Crippen MR) is 68.5 cm³/mol. The van der Waals surface area contributed by atoms with Gasteiger partial charge in [0.2, 0.25) is 0 Å². The Morgan fingerprint density at radius 1 is 0.714 bits per heavy atom. The molecule has 0 radical (unpaired) electrons. The Morgan fingerprint density at radius 3 is 1.43 bits per heavy atom. The zero-order valence-electron chi connectivity index (χ0n) is 13.1. The Balaban J connectivity index is 3.04. The van der Waals surface area contributed by atoms with Gasteiger partial charge >= 0.3 is 29.6 Å². The van der Waals surface area contributed by atoms with Crippen molar-refractivity contribution in [3.05, 3.63) is 29.3 Å². The summed E-state index contributed by atoms with van der Waals surface area (Å²) in [7, 11) is -5.44. The largest absolute Gasteiger partial charge is 0.384 e. The van der Waals surface area contributed by atoms with Crippen LogP contribution in [0.5, 0.6) is 0 Å². The molecule has 0 atom stereocenters. The molecule has 0 aliphatic heterocycles. The topological polar surface area (TPSA) is 54.4 Å². The van der Waals surface area contributed by atoms with Gasteiger partial charge in [-0.1, -0.05) is 6.07 Å². The molecule has 3 nitrogen and oxygen atoms in total. The molecule has 15 heteroatoms. The highest BCUT2D eigenvalue weighted by molar-refractivity contribution is 7.85. The smallest absolute Gasteiger partial charge is 0.282 e. The lowest BCUT2D eigenvalue weighted by Gasteiger charge is -2.52. The van der Waals surface area contributed by atoms with E-state index < -0.39 is 67.5 Å². The Hall–Kier alpha value is -1.64. The molecule has 1 saturated carbocycles. The van der Waals surface area contributed by atoms with Crippen LogP contribution in [0.1, 0.15) is 11.1 Å². The van der Waals surface area contributed by atoms with Crippen LogP contribution in [-0.4, -0.2) is 42.6 Å². The quantitative estimate of drug-likeness (QED) is 0.528. The number of halogens is 11. The molecule has 0 saturated heterocycles. The van der Waals surface area contributed by atoms with Gasteiger partial charge in [0.1, 0.15) is 0 Å². The second-order valence-corrected chi connectivity index (χ2v) is 7.40. The normalized spacial score (nSPS) is 26.6. The van der Waals surface area contributed by atoms with Crippen LogP contribution < -0.4 is 0 Å². The highest BCUT2D eigenvalue weighted by Gasteiger charge is 3.01. The first-order chi connectivity index (χ1) is 12.1. The zero-order valence-corrected chi connectivity index (χ0v) is 13.9. The van der Waals surface area contributed by atoms with Crippen molar-refractivity contribution in [2.24, 2.45) is 0 Å². The summed E-state index contributed by atoms with van der Waals surface area (Å²) in [6, 6.07) is 0.0264. The predicted octanol–water partition coefficient (Wildman–Crippen LogP) is 4.60.